The number of carbonyl (C=O) groups excluding carboxylic acids is 3. The molecule has 0 fully saturated rings. The first kappa shape index (κ1) is 22.1. The molecule has 0 aromatic heterocycles. The fraction of sp³-hybridized carbons (Fsp3) is 0.526. The zero-order valence-electron chi connectivity index (χ0n) is 15.7. The minimum atomic E-state index is -0.856. The monoisotopic (exact) mass is 381 g/mol. The lowest BCUT2D eigenvalue weighted by atomic mass is 9.93. The Morgan fingerprint density at radius 1 is 1.12 bits per heavy atom. The van der Waals surface area contributed by atoms with Crippen molar-refractivity contribution in [3.8, 4) is 0 Å². The van der Waals surface area contributed by atoms with Gasteiger partial charge in [-0.2, -0.15) is 0 Å². The van der Waals surface area contributed by atoms with Crippen molar-refractivity contribution in [2.45, 2.75) is 52.1 Å². The summed E-state index contributed by atoms with van der Waals surface area (Å²) in [7, 11) is 0. The third-order valence-corrected chi connectivity index (χ3v) is 5.03. The zero-order chi connectivity index (χ0) is 18.8. The SMILES string of the molecule is CCC(N)(CC)CNC(=O)C(C(C)C)N1C(=O)c2ccccc2C1=O.Cl. The van der Waals surface area contributed by atoms with Crippen molar-refractivity contribution in [2.75, 3.05) is 6.54 Å². The van der Waals surface area contributed by atoms with Gasteiger partial charge in [0.05, 0.1) is 11.1 Å². The van der Waals surface area contributed by atoms with Crippen LogP contribution in [0.15, 0.2) is 24.3 Å². The third kappa shape index (κ3) is 4.07. The zero-order valence-corrected chi connectivity index (χ0v) is 16.6. The van der Waals surface area contributed by atoms with Crippen molar-refractivity contribution < 1.29 is 14.4 Å². The Morgan fingerprint density at radius 2 is 1.58 bits per heavy atom. The Labute approximate surface area is 160 Å². The second-order valence-electron chi connectivity index (χ2n) is 7.00. The van der Waals surface area contributed by atoms with E-state index in [1.165, 1.54) is 0 Å². The summed E-state index contributed by atoms with van der Waals surface area (Å²) in [5.41, 5.74) is 6.45. The molecular formula is C19H28ClN3O3. The topological polar surface area (TPSA) is 92.5 Å². The molecule has 7 heteroatoms. The molecule has 1 unspecified atom stereocenters. The van der Waals surface area contributed by atoms with Crippen LogP contribution in [0.25, 0.3) is 0 Å². The molecule has 0 saturated carbocycles. The number of hydrogen-bond donors (Lipinski definition) is 2. The Hall–Kier alpha value is -1.92. The number of nitrogens with zero attached hydrogens (tertiary/aromatic N) is 1. The van der Waals surface area contributed by atoms with Gasteiger partial charge >= 0.3 is 0 Å². The number of hydrogen-bond acceptors (Lipinski definition) is 4. The molecule has 3 N–H and O–H groups in total. The van der Waals surface area contributed by atoms with Crippen LogP contribution in [0.5, 0.6) is 0 Å². The quantitative estimate of drug-likeness (QED) is 0.709. The van der Waals surface area contributed by atoms with Crippen LogP contribution >= 0.6 is 12.4 Å². The molecule has 0 bridgehead atoms. The summed E-state index contributed by atoms with van der Waals surface area (Å²) < 4.78 is 0. The summed E-state index contributed by atoms with van der Waals surface area (Å²) in [4.78, 5) is 39.2. The normalized spacial score (nSPS) is 14.9. The van der Waals surface area contributed by atoms with Gasteiger partial charge in [0.1, 0.15) is 6.04 Å². The lowest BCUT2D eigenvalue weighted by Gasteiger charge is -2.31. The number of nitrogens with one attached hydrogen (secondary N) is 1. The van der Waals surface area contributed by atoms with Gasteiger partial charge in [-0.25, -0.2) is 0 Å². The molecule has 1 aromatic carbocycles. The molecule has 0 aliphatic carbocycles. The molecule has 0 spiro atoms. The molecule has 0 saturated heterocycles. The van der Waals surface area contributed by atoms with Crippen LogP contribution in [0.4, 0.5) is 0 Å². The van der Waals surface area contributed by atoms with Gasteiger partial charge in [0, 0.05) is 12.1 Å². The van der Waals surface area contributed by atoms with Crippen molar-refractivity contribution in [1.82, 2.24) is 10.2 Å². The standard InChI is InChI=1S/C19H27N3O3.ClH/c1-5-19(20,6-2)11-21-16(23)15(12(3)4)22-17(24)13-9-7-8-10-14(13)18(22)25;/h7-10,12,15H,5-6,11,20H2,1-4H3,(H,21,23);1H. The Bertz CT molecular complexity index is 651. The molecule has 144 valence electrons. The number of imide groups is 1. The summed E-state index contributed by atoms with van der Waals surface area (Å²) in [6, 6.07) is 5.80. The second-order valence-corrected chi connectivity index (χ2v) is 7.00. The summed E-state index contributed by atoms with van der Waals surface area (Å²) in [5, 5.41) is 2.84. The van der Waals surface area contributed by atoms with Crippen LogP contribution in [-0.2, 0) is 4.79 Å². The van der Waals surface area contributed by atoms with Gasteiger partial charge < -0.3 is 11.1 Å². The Morgan fingerprint density at radius 3 is 1.96 bits per heavy atom. The highest BCUT2D eigenvalue weighted by Crippen LogP contribution is 2.27. The number of carbonyl (C=O) groups is 3. The van der Waals surface area contributed by atoms with E-state index in [9.17, 15) is 14.4 Å². The highest BCUT2D eigenvalue weighted by atomic mass is 35.5. The Kier molecular flexibility index (Phi) is 7.35. The van der Waals surface area contributed by atoms with E-state index in [0.717, 1.165) is 17.7 Å². The van der Waals surface area contributed by atoms with Crippen LogP contribution in [0.3, 0.4) is 0 Å². The molecule has 1 atom stereocenters. The predicted octanol–water partition coefficient (Wildman–Crippen LogP) is 2.36. The van der Waals surface area contributed by atoms with Gasteiger partial charge in [0.25, 0.3) is 11.8 Å². The van der Waals surface area contributed by atoms with Crippen LogP contribution < -0.4 is 11.1 Å². The highest BCUT2D eigenvalue weighted by molar-refractivity contribution is 6.22. The van der Waals surface area contributed by atoms with E-state index in [4.69, 9.17) is 5.73 Å². The second kappa shape index (κ2) is 8.64. The van der Waals surface area contributed by atoms with E-state index in [1.807, 2.05) is 27.7 Å². The average Bonchev–Trinajstić information content (AvgIpc) is 2.85. The molecule has 26 heavy (non-hydrogen) atoms. The minimum Gasteiger partial charge on any atom is -0.352 e. The van der Waals surface area contributed by atoms with Crippen molar-refractivity contribution in [3.63, 3.8) is 0 Å². The maximum Gasteiger partial charge on any atom is 0.262 e. The van der Waals surface area contributed by atoms with Gasteiger partial charge in [-0.3, -0.25) is 19.3 Å². The molecule has 2 rings (SSSR count). The van der Waals surface area contributed by atoms with Crippen LogP contribution in [-0.4, -0.2) is 40.7 Å². The number of rotatable bonds is 7. The van der Waals surface area contributed by atoms with E-state index in [-0.39, 0.29) is 24.2 Å². The molecule has 3 amide bonds. The van der Waals surface area contributed by atoms with Gasteiger partial charge in [-0.1, -0.05) is 39.8 Å². The predicted molar refractivity (Wildman–Crippen MR) is 103 cm³/mol. The number of nitrogens with two attached hydrogens (primary N) is 1. The summed E-state index contributed by atoms with van der Waals surface area (Å²) in [5.74, 6) is -1.39. The maximum absolute atomic E-state index is 12.8. The number of benzene rings is 1. The van der Waals surface area contributed by atoms with Crippen LogP contribution in [0.1, 0.15) is 61.3 Å². The van der Waals surface area contributed by atoms with Crippen molar-refractivity contribution in [3.05, 3.63) is 35.4 Å². The van der Waals surface area contributed by atoms with E-state index in [2.05, 4.69) is 5.32 Å². The molecule has 0 radical (unpaired) electrons. The molecule has 1 heterocycles. The van der Waals surface area contributed by atoms with Crippen molar-refractivity contribution >= 4 is 30.1 Å². The van der Waals surface area contributed by atoms with E-state index in [1.54, 1.807) is 24.3 Å². The van der Waals surface area contributed by atoms with E-state index >= 15 is 0 Å². The molecule has 1 aliphatic heterocycles. The van der Waals surface area contributed by atoms with Gasteiger partial charge in [-0.15, -0.1) is 12.4 Å². The molecule has 1 aliphatic rings. The summed E-state index contributed by atoms with van der Waals surface area (Å²) in [6.07, 6.45) is 1.45. The van der Waals surface area contributed by atoms with Gasteiger partial charge in [0.15, 0.2) is 0 Å². The number of fused-ring (bicyclic) bond motifs is 1. The number of halogens is 1. The van der Waals surface area contributed by atoms with Gasteiger partial charge in [-0.05, 0) is 30.9 Å². The lowest BCUT2D eigenvalue weighted by Crippen LogP contribution is -2.56. The third-order valence-electron chi connectivity index (χ3n) is 5.03. The fourth-order valence-corrected chi connectivity index (χ4v) is 3.05. The highest BCUT2D eigenvalue weighted by Gasteiger charge is 2.44. The molecular weight excluding hydrogens is 354 g/mol. The summed E-state index contributed by atoms with van der Waals surface area (Å²) in [6.45, 7) is 7.90. The smallest absolute Gasteiger partial charge is 0.262 e. The fourth-order valence-electron chi connectivity index (χ4n) is 3.05. The lowest BCUT2D eigenvalue weighted by molar-refractivity contribution is -0.126. The maximum atomic E-state index is 12.8. The molecule has 1 aromatic rings. The first-order chi connectivity index (χ1) is 11.8. The van der Waals surface area contributed by atoms with Crippen molar-refractivity contribution in [2.24, 2.45) is 11.7 Å². The van der Waals surface area contributed by atoms with Crippen LogP contribution in [0.2, 0.25) is 0 Å². The van der Waals surface area contributed by atoms with Crippen molar-refractivity contribution in [1.29, 1.82) is 0 Å². The average molecular weight is 382 g/mol. The van der Waals surface area contributed by atoms with Crippen LogP contribution in [0, 0.1) is 5.92 Å². The number of amides is 3. The minimum absolute atomic E-state index is 0. The first-order valence-electron chi connectivity index (χ1n) is 8.79. The van der Waals surface area contributed by atoms with E-state index < -0.39 is 23.4 Å². The largest absolute Gasteiger partial charge is 0.352 e. The summed E-state index contributed by atoms with van der Waals surface area (Å²) >= 11 is 0. The Balaban J connectivity index is 0.00000338. The first-order valence-corrected chi connectivity index (χ1v) is 8.79. The molecule has 6 nitrogen and oxygen atoms in total. The van der Waals surface area contributed by atoms with Gasteiger partial charge in [0.2, 0.25) is 5.91 Å². The van der Waals surface area contributed by atoms with E-state index in [0.29, 0.717) is 17.7 Å².